The van der Waals surface area contributed by atoms with Gasteiger partial charge in [-0.3, -0.25) is 4.79 Å². The Kier molecular flexibility index (Phi) is 4.88. The average molecular weight is 395 g/mol. The van der Waals surface area contributed by atoms with Crippen LogP contribution in [0.1, 0.15) is 23.0 Å². The molecule has 0 spiro atoms. The van der Waals surface area contributed by atoms with Gasteiger partial charge in [0.2, 0.25) is 0 Å². The summed E-state index contributed by atoms with van der Waals surface area (Å²) < 4.78 is 5.25. The Morgan fingerprint density at radius 3 is 2.75 bits per heavy atom. The maximum absolute atomic E-state index is 12.6. The standard InChI is InChI=1S/C21H19ClN4O2/c1-13-11-14-5-3-4-6-18(14)26(13)20-10-8-16(24-25-20)21(27)23-17-12-15(22)7-9-19(17)28-2/h3-10,12-13H,11H2,1-2H3,(H,23,27). The molecule has 7 heteroatoms. The van der Waals surface area contributed by atoms with Crippen LogP contribution in [0.3, 0.4) is 0 Å². The fourth-order valence-corrected chi connectivity index (χ4v) is 3.63. The van der Waals surface area contributed by atoms with Gasteiger partial charge in [0, 0.05) is 16.8 Å². The summed E-state index contributed by atoms with van der Waals surface area (Å²) in [5, 5.41) is 11.7. The SMILES string of the molecule is COc1ccc(Cl)cc1NC(=O)c1ccc(N2c3ccccc3CC2C)nn1. The molecule has 2 aromatic carbocycles. The molecule has 2 heterocycles. The van der Waals surface area contributed by atoms with Gasteiger partial charge in [0.25, 0.3) is 5.91 Å². The summed E-state index contributed by atoms with van der Waals surface area (Å²) in [5.74, 6) is 0.855. The number of methoxy groups -OCH3 is 1. The lowest BCUT2D eigenvalue weighted by Crippen LogP contribution is -2.25. The first-order chi connectivity index (χ1) is 13.6. The number of para-hydroxylation sites is 1. The molecule has 28 heavy (non-hydrogen) atoms. The zero-order valence-corrected chi connectivity index (χ0v) is 16.3. The quantitative estimate of drug-likeness (QED) is 0.707. The van der Waals surface area contributed by atoms with Crippen molar-refractivity contribution >= 4 is 34.7 Å². The number of hydrogen-bond acceptors (Lipinski definition) is 5. The molecule has 6 nitrogen and oxygen atoms in total. The van der Waals surface area contributed by atoms with Crippen molar-refractivity contribution in [3.05, 3.63) is 70.9 Å². The summed E-state index contributed by atoms with van der Waals surface area (Å²) in [7, 11) is 1.53. The molecule has 0 fully saturated rings. The summed E-state index contributed by atoms with van der Waals surface area (Å²) >= 11 is 6.01. The number of halogens is 1. The van der Waals surface area contributed by atoms with Crippen LogP contribution in [-0.2, 0) is 6.42 Å². The van der Waals surface area contributed by atoms with Crippen LogP contribution in [0.5, 0.6) is 5.75 Å². The number of ether oxygens (including phenoxy) is 1. The molecular formula is C21H19ClN4O2. The highest BCUT2D eigenvalue weighted by Crippen LogP contribution is 2.36. The fraction of sp³-hybridized carbons (Fsp3) is 0.190. The van der Waals surface area contributed by atoms with E-state index in [1.165, 1.54) is 12.7 Å². The minimum atomic E-state index is -0.380. The smallest absolute Gasteiger partial charge is 0.276 e. The molecule has 1 aromatic heterocycles. The van der Waals surface area contributed by atoms with Crippen LogP contribution in [0.4, 0.5) is 17.2 Å². The molecule has 4 rings (SSSR count). The lowest BCUT2D eigenvalue weighted by atomic mass is 10.1. The van der Waals surface area contributed by atoms with Crippen LogP contribution >= 0.6 is 11.6 Å². The van der Waals surface area contributed by atoms with Gasteiger partial charge >= 0.3 is 0 Å². The van der Waals surface area contributed by atoms with Crippen molar-refractivity contribution in [1.29, 1.82) is 0 Å². The second-order valence-corrected chi connectivity index (χ2v) is 7.06. The van der Waals surface area contributed by atoms with Crippen LogP contribution < -0.4 is 15.0 Å². The molecule has 1 amide bonds. The molecule has 1 unspecified atom stereocenters. The van der Waals surface area contributed by atoms with Gasteiger partial charge in [-0.05, 0) is 55.3 Å². The predicted molar refractivity (Wildman–Crippen MR) is 110 cm³/mol. The first-order valence-electron chi connectivity index (χ1n) is 8.92. The largest absolute Gasteiger partial charge is 0.495 e. The van der Waals surface area contributed by atoms with Gasteiger partial charge < -0.3 is 15.0 Å². The Balaban J connectivity index is 1.56. The number of carbonyl (C=O) groups is 1. The number of hydrogen-bond donors (Lipinski definition) is 1. The van der Waals surface area contributed by atoms with E-state index in [4.69, 9.17) is 16.3 Å². The van der Waals surface area contributed by atoms with Crippen molar-refractivity contribution in [2.45, 2.75) is 19.4 Å². The van der Waals surface area contributed by atoms with Gasteiger partial charge in [-0.2, -0.15) is 0 Å². The summed E-state index contributed by atoms with van der Waals surface area (Å²) in [5.41, 5.74) is 3.11. The number of nitrogens with one attached hydrogen (secondary N) is 1. The lowest BCUT2D eigenvalue weighted by molar-refractivity contribution is 0.102. The van der Waals surface area contributed by atoms with Crippen LogP contribution in [0.2, 0.25) is 5.02 Å². The maximum Gasteiger partial charge on any atom is 0.276 e. The molecule has 1 aliphatic heterocycles. The Hall–Kier alpha value is -3.12. The number of aromatic nitrogens is 2. The van der Waals surface area contributed by atoms with Crippen molar-refractivity contribution in [3.8, 4) is 5.75 Å². The monoisotopic (exact) mass is 394 g/mol. The van der Waals surface area contributed by atoms with Gasteiger partial charge in [-0.1, -0.05) is 29.8 Å². The number of anilines is 3. The van der Waals surface area contributed by atoms with Crippen molar-refractivity contribution in [2.24, 2.45) is 0 Å². The Morgan fingerprint density at radius 2 is 2.00 bits per heavy atom. The molecule has 142 valence electrons. The van der Waals surface area contributed by atoms with Gasteiger partial charge in [0.1, 0.15) is 5.75 Å². The lowest BCUT2D eigenvalue weighted by Gasteiger charge is -2.23. The topological polar surface area (TPSA) is 67.3 Å². The van der Waals surface area contributed by atoms with E-state index < -0.39 is 0 Å². The molecule has 0 aliphatic carbocycles. The Morgan fingerprint density at radius 1 is 1.18 bits per heavy atom. The zero-order chi connectivity index (χ0) is 19.7. The van der Waals surface area contributed by atoms with E-state index in [1.54, 1.807) is 24.3 Å². The predicted octanol–water partition coefficient (Wildman–Crippen LogP) is 4.47. The highest BCUT2D eigenvalue weighted by atomic mass is 35.5. The van der Waals surface area contributed by atoms with Gasteiger partial charge in [-0.25, -0.2) is 0 Å². The molecule has 1 N–H and O–H groups in total. The Labute approximate surface area is 168 Å². The zero-order valence-electron chi connectivity index (χ0n) is 15.5. The number of fused-ring (bicyclic) bond motifs is 1. The van der Waals surface area contributed by atoms with E-state index in [1.807, 2.05) is 18.2 Å². The second kappa shape index (κ2) is 7.48. The van der Waals surface area contributed by atoms with Crippen molar-refractivity contribution in [1.82, 2.24) is 10.2 Å². The van der Waals surface area contributed by atoms with Crippen LogP contribution in [-0.4, -0.2) is 29.3 Å². The summed E-state index contributed by atoms with van der Waals surface area (Å²) in [6.45, 7) is 2.15. The first kappa shape index (κ1) is 18.3. The summed E-state index contributed by atoms with van der Waals surface area (Å²) in [6, 6.07) is 17.0. The number of rotatable bonds is 4. The number of nitrogens with zero attached hydrogens (tertiary/aromatic N) is 3. The van der Waals surface area contributed by atoms with E-state index in [9.17, 15) is 4.79 Å². The highest BCUT2D eigenvalue weighted by Gasteiger charge is 2.28. The number of benzene rings is 2. The number of amides is 1. The molecule has 0 saturated heterocycles. The molecule has 1 atom stereocenters. The second-order valence-electron chi connectivity index (χ2n) is 6.63. The molecule has 0 bridgehead atoms. The van der Waals surface area contributed by atoms with Gasteiger partial charge in [0.15, 0.2) is 11.5 Å². The third-order valence-electron chi connectivity index (χ3n) is 4.75. The molecule has 3 aromatic rings. The third-order valence-corrected chi connectivity index (χ3v) is 4.98. The Bertz CT molecular complexity index is 1020. The molecule has 0 radical (unpaired) electrons. The van der Waals surface area contributed by atoms with Crippen molar-refractivity contribution in [3.63, 3.8) is 0 Å². The molecular weight excluding hydrogens is 376 g/mol. The molecule has 1 aliphatic rings. The van der Waals surface area contributed by atoms with Crippen LogP contribution in [0, 0.1) is 0 Å². The van der Waals surface area contributed by atoms with Gasteiger partial charge in [-0.15, -0.1) is 10.2 Å². The van der Waals surface area contributed by atoms with E-state index >= 15 is 0 Å². The van der Waals surface area contributed by atoms with Crippen molar-refractivity contribution in [2.75, 3.05) is 17.3 Å². The molecule has 0 saturated carbocycles. The van der Waals surface area contributed by atoms with E-state index in [-0.39, 0.29) is 17.6 Å². The fourth-order valence-electron chi connectivity index (χ4n) is 3.45. The summed E-state index contributed by atoms with van der Waals surface area (Å²) in [6.07, 6.45) is 0.953. The van der Waals surface area contributed by atoms with Crippen LogP contribution in [0.15, 0.2) is 54.6 Å². The maximum atomic E-state index is 12.6. The van der Waals surface area contributed by atoms with Crippen LogP contribution in [0.25, 0.3) is 0 Å². The highest BCUT2D eigenvalue weighted by molar-refractivity contribution is 6.31. The summed E-state index contributed by atoms with van der Waals surface area (Å²) in [4.78, 5) is 14.7. The first-order valence-corrected chi connectivity index (χ1v) is 9.30. The van der Waals surface area contributed by atoms with Gasteiger partial charge in [0.05, 0.1) is 12.8 Å². The number of carbonyl (C=O) groups excluding carboxylic acids is 1. The normalized spacial score (nSPS) is 15.2. The average Bonchev–Trinajstić information content (AvgIpc) is 3.04. The van der Waals surface area contributed by atoms with Crippen molar-refractivity contribution < 1.29 is 9.53 Å². The van der Waals surface area contributed by atoms with E-state index in [0.717, 1.165) is 12.1 Å². The minimum Gasteiger partial charge on any atom is -0.495 e. The minimum absolute atomic E-state index is 0.214. The third kappa shape index (κ3) is 3.39. The van der Waals surface area contributed by atoms with E-state index in [0.29, 0.717) is 22.3 Å². The van der Waals surface area contributed by atoms with E-state index in [2.05, 4.69) is 39.5 Å².